The summed E-state index contributed by atoms with van der Waals surface area (Å²) in [6.07, 6.45) is 0. The number of halogens is 1. The molecule has 2 rings (SSSR count). The van der Waals surface area contributed by atoms with Crippen molar-refractivity contribution in [2.75, 3.05) is 32.7 Å². The smallest absolute Gasteiger partial charge is 0.0249 e. The fourth-order valence-electron chi connectivity index (χ4n) is 2.33. The summed E-state index contributed by atoms with van der Waals surface area (Å²) in [4.78, 5) is 5.06. The van der Waals surface area contributed by atoms with Gasteiger partial charge in [-0.15, -0.1) is 0 Å². The molecule has 0 radical (unpaired) electrons. The molecule has 2 nitrogen and oxygen atoms in total. The first kappa shape index (κ1) is 13.1. The van der Waals surface area contributed by atoms with Gasteiger partial charge in [0.1, 0.15) is 0 Å². The average Bonchev–Trinajstić information content (AvgIpc) is 2.36. The first-order valence-corrected chi connectivity index (χ1v) is 7.18. The molecule has 0 N–H and O–H groups in total. The molecule has 0 amide bonds. The van der Waals surface area contributed by atoms with Gasteiger partial charge in [-0.2, -0.15) is 0 Å². The Kier molecular flexibility index (Phi) is 4.60. The van der Waals surface area contributed by atoms with E-state index in [0.717, 1.165) is 6.54 Å². The molecule has 94 valence electrons. The maximum absolute atomic E-state index is 3.70. The molecule has 0 atom stereocenters. The van der Waals surface area contributed by atoms with E-state index in [0.29, 0.717) is 0 Å². The molecule has 0 unspecified atom stereocenters. The van der Waals surface area contributed by atoms with Crippen molar-refractivity contribution in [3.8, 4) is 0 Å². The Hall–Kier alpha value is -0.380. The third-order valence-electron chi connectivity index (χ3n) is 3.58. The number of piperazine rings is 1. The quantitative estimate of drug-likeness (QED) is 0.846. The molecule has 0 saturated carbocycles. The van der Waals surface area contributed by atoms with Crippen molar-refractivity contribution < 1.29 is 0 Å². The van der Waals surface area contributed by atoms with Crippen LogP contribution >= 0.6 is 15.9 Å². The van der Waals surface area contributed by atoms with Gasteiger partial charge in [0.2, 0.25) is 0 Å². The third-order valence-corrected chi connectivity index (χ3v) is 4.71. The van der Waals surface area contributed by atoms with E-state index in [2.05, 4.69) is 57.8 Å². The van der Waals surface area contributed by atoms with Crippen LogP contribution in [0.1, 0.15) is 18.1 Å². The minimum absolute atomic E-state index is 1.07. The number of benzene rings is 1. The van der Waals surface area contributed by atoms with Crippen LogP contribution < -0.4 is 0 Å². The molecule has 0 spiro atoms. The van der Waals surface area contributed by atoms with E-state index in [1.807, 2.05) is 0 Å². The second kappa shape index (κ2) is 5.98. The van der Waals surface area contributed by atoms with Gasteiger partial charge in [-0.3, -0.25) is 4.90 Å². The molecule has 1 aromatic rings. The Morgan fingerprint density at radius 2 is 1.76 bits per heavy atom. The zero-order valence-corrected chi connectivity index (χ0v) is 12.3. The highest BCUT2D eigenvalue weighted by Gasteiger charge is 2.16. The Balaban J connectivity index is 1.95. The van der Waals surface area contributed by atoms with Crippen molar-refractivity contribution in [1.29, 1.82) is 0 Å². The molecule has 1 fully saturated rings. The molecule has 0 aromatic heterocycles. The molecule has 17 heavy (non-hydrogen) atoms. The van der Waals surface area contributed by atoms with Crippen molar-refractivity contribution in [2.45, 2.75) is 20.4 Å². The van der Waals surface area contributed by atoms with Crippen molar-refractivity contribution in [3.05, 3.63) is 33.8 Å². The summed E-state index contributed by atoms with van der Waals surface area (Å²) in [5.41, 5.74) is 2.74. The minimum atomic E-state index is 1.07. The highest BCUT2D eigenvalue weighted by atomic mass is 79.9. The molecule has 1 aliphatic heterocycles. The van der Waals surface area contributed by atoms with Gasteiger partial charge >= 0.3 is 0 Å². The lowest BCUT2D eigenvalue weighted by atomic mass is 10.1. The molecular formula is C14H21BrN2. The number of aryl methyl sites for hydroxylation is 1. The van der Waals surface area contributed by atoms with Crippen LogP contribution in [-0.2, 0) is 6.54 Å². The summed E-state index contributed by atoms with van der Waals surface area (Å²) >= 11 is 3.70. The standard InChI is InChI=1S/C14H21BrN2/c1-3-16-7-9-17(10-8-16)11-13-6-4-5-12(2)14(13)15/h4-6H,3,7-11H2,1-2H3. The van der Waals surface area contributed by atoms with E-state index in [1.54, 1.807) is 0 Å². The summed E-state index contributed by atoms with van der Waals surface area (Å²) in [6, 6.07) is 6.53. The van der Waals surface area contributed by atoms with Crippen molar-refractivity contribution >= 4 is 15.9 Å². The van der Waals surface area contributed by atoms with Crippen LogP contribution in [0.5, 0.6) is 0 Å². The van der Waals surface area contributed by atoms with E-state index < -0.39 is 0 Å². The Bertz CT molecular complexity index is 370. The lowest BCUT2D eigenvalue weighted by Gasteiger charge is -2.34. The molecule has 1 aromatic carbocycles. The predicted molar refractivity (Wildman–Crippen MR) is 76.3 cm³/mol. The lowest BCUT2D eigenvalue weighted by molar-refractivity contribution is 0.131. The average molecular weight is 297 g/mol. The summed E-state index contributed by atoms with van der Waals surface area (Å²) in [6.45, 7) is 11.4. The maximum Gasteiger partial charge on any atom is 0.0249 e. The van der Waals surface area contributed by atoms with Crippen molar-refractivity contribution in [2.24, 2.45) is 0 Å². The fourth-order valence-corrected chi connectivity index (χ4v) is 2.72. The SMILES string of the molecule is CCN1CCN(Cc2cccc(C)c2Br)CC1. The molecular weight excluding hydrogens is 276 g/mol. The largest absolute Gasteiger partial charge is 0.301 e. The van der Waals surface area contributed by atoms with Gasteiger partial charge in [-0.05, 0) is 24.6 Å². The van der Waals surface area contributed by atoms with Gasteiger partial charge in [0.15, 0.2) is 0 Å². The van der Waals surface area contributed by atoms with Gasteiger partial charge in [-0.1, -0.05) is 41.1 Å². The van der Waals surface area contributed by atoms with E-state index in [-0.39, 0.29) is 0 Å². The monoisotopic (exact) mass is 296 g/mol. The first-order valence-electron chi connectivity index (χ1n) is 6.39. The van der Waals surface area contributed by atoms with Crippen molar-refractivity contribution in [3.63, 3.8) is 0 Å². The topological polar surface area (TPSA) is 6.48 Å². The van der Waals surface area contributed by atoms with E-state index in [9.17, 15) is 0 Å². The van der Waals surface area contributed by atoms with Crippen LogP contribution in [0.3, 0.4) is 0 Å². The zero-order valence-electron chi connectivity index (χ0n) is 10.7. The summed E-state index contributed by atoms with van der Waals surface area (Å²) in [5, 5.41) is 0. The third kappa shape index (κ3) is 3.30. The molecule has 3 heteroatoms. The van der Waals surface area contributed by atoms with Crippen LogP contribution in [0.15, 0.2) is 22.7 Å². The van der Waals surface area contributed by atoms with Gasteiger partial charge in [-0.25, -0.2) is 0 Å². The summed E-state index contributed by atoms with van der Waals surface area (Å²) in [7, 11) is 0. The normalized spacial score (nSPS) is 18.5. The molecule has 0 aliphatic carbocycles. The van der Waals surface area contributed by atoms with E-state index in [1.165, 1.54) is 48.3 Å². The maximum atomic E-state index is 3.70. The molecule has 1 saturated heterocycles. The van der Waals surface area contributed by atoms with E-state index in [4.69, 9.17) is 0 Å². The highest BCUT2D eigenvalue weighted by molar-refractivity contribution is 9.10. The minimum Gasteiger partial charge on any atom is -0.301 e. The summed E-state index contributed by atoms with van der Waals surface area (Å²) < 4.78 is 1.28. The van der Waals surface area contributed by atoms with Gasteiger partial charge < -0.3 is 4.90 Å². The highest BCUT2D eigenvalue weighted by Crippen LogP contribution is 2.22. The van der Waals surface area contributed by atoms with Crippen LogP contribution in [0.4, 0.5) is 0 Å². The first-order chi connectivity index (χ1) is 8.20. The van der Waals surface area contributed by atoms with Crippen LogP contribution in [0.25, 0.3) is 0 Å². The van der Waals surface area contributed by atoms with Crippen LogP contribution in [0.2, 0.25) is 0 Å². The predicted octanol–water partition coefficient (Wildman–Crippen LogP) is 2.90. The van der Waals surface area contributed by atoms with E-state index >= 15 is 0 Å². The number of hydrogen-bond acceptors (Lipinski definition) is 2. The van der Waals surface area contributed by atoms with Gasteiger partial charge in [0, 0.05) is 37.2 Å². The Morgan fingerprint density at radius 1 is 1.12 bits per heavy atom. The zero-order chi connectivity index (χ0) is 12.3. The number of rotatable bonds is 3. The lowest BCUT2D eigenvalue weighted by Crippen LogP contribution is -2.45. The van der Waals surface area contributed by atoms with Crippen LogP contribution in [-0.4, -0.2) is 42.5 Å². The Morgan fingerprint density at radius 3 is 2.41 bits per heavy atom. The molecule has 1 aliphatic rings. The van der Waals surface area contributed by atoms with Crippen molar-refractivity contribution in [1.82, 2.24) is 9.80 Å². The number of likely N-dealkylation sites (N-methyl/N-ethyl adjacent to an activating group) is 1. The molecule has 1 heterocycles. The second-order valence-corrected chi connectivity index (χ2v) is 5.55. The molecule has 0 bridgehead atoms. The second-order valence-electron chi connectivity index (χ2n) is 4.76. The number of nitrogens with zero attached hydrogens (tertiary/aromatic N) is 2. The summed E-state index contributed by atoms with van der Waals surface area (Å²) in [5.74, 6) is 0. The van der Waals surface area contributed by atoms with Gasteiger partial charge in [0.05, 0.1) is 0 Å². The van der Waals surface area contributed by atoms with Crippen LogP contribution in [0, 0.1) is 6.92 Å². The van der Waals surface area contributed by atoms with Gasteiger partial charge in [0.25, 0.3) is 0 Å². The fraction of sp³-hybridized carbons (Fsp3) is 0.571. The number of hydrogen-bond donors (Lipinski definition) is 0. The Labute approximate surface area is 113 Å².